The molecule has 0 radical (unpaired) electrons. The molecule has 3 atom stereocenters. The van der Waals surface area contributed by atoms with E-state index in [4.69, 9.17) is 4.74 Å². The molecule has 1 aliphatic rings. The summed E-state index contributed by atoms with van der Waals surface area (Å²) in [6, 6.07) is 7.52. The fraction of sp³-hybridized carbons (Fsp3) is 0.533. The number of aliphatic hydroxyl groups excluding tert-OH is 1. The van der Waals surface area contributed by atoms with Crippen LogP contribution < -0.4 is 15.4 Å². The molecule has 1 aromatic rings. The van der Waals surface area contributed by atoms with E-state index in [1.165, 1.54) is 5.56 Å². The first-order chi connectivity index (χ1) is 9.54. The Hall–Kier alpha value is -1.59. The normalized spacial score (nSPS) is 23.4. The van der Waals surface area contributed by atoms with Crippen molar-refractivity contribution in [1.82, 2.24) is 10.6 Å². The van der Waals surface area contributed by atoms with Crippen LogP contribution in [0, 0.1) is 6.92 Å². The van der Waals surface area contributed by atoms with Crippen LogP contribution in [-0.2, 0) is 4.79 Å². The molecule has 5 nitrogen and oxygen atoms in total. The van der Waals surface area contributed by atoms with Crippen molar-refractivity contribution < 1.29 is 14.6 Å². The lowest BCUT2D eigenvalue weighted by molar-refractivity contribution is -0.123. The minimum absolute atomic E-state index is 0.0825. The lowest BCUT2D eigenvalue weighted by atomic mass is 10.2. The Bertz CT molecular complexity index is 447. The van der Waals surface area contributed by atoms with E-state index >= 15 is 0 Å². The number of rotatable bonds is 5. The van der Waals surface area contributed by atoms with E-state index in [2.05, 4.69) is 10.6 Å². The second kappa shape index (κ2) is 6.72. The molecule has 110 valence electrons. The second-order valence-corrected chi connectivity index (χ2v) is 5.34. The van der Waals surface area contributed by atoms with Crippen LogP contribution in [0.4, 0.5) is 0 Å². The average molecular weight is 278 g/mol. The van der Waals surface area contributed by atoms with Crippen LogP contribution in [-0.4, -0.2) is 42.4 Å². The zero-order valence-electron chi connectivity index (χ0n) is 11.9. The van der Waals surface area contributed by atoms with Crippen LogP contribution in [0.15, 0.2) is 24.3 Å². The molecule has 1 fully saturated rings. The standard InChI is InChI=1S/C15H22N2O3/c1-10-3-5-13(6-4-10)20-11(2)8-17-15(19)14-7-12(18)9-16-14/h3-6,11-12,14,16,18H,7-9H2,1-2H3,(H,17,19)/t11-,12-,14+/m1/s1. The summed E-state index contributed by atoms with van der Waals surface area (Å²) in [4.78, 5) is 11.9. The fourth-order valence-corrected chi connectivity index (χ4v) is 2.18. The number of hydrogen-bond acceptors (Lipinski definition) is 4. The van der Waals surface area contributed by atoms with Crippen molar-refractivity contribution in [2.24, 2.45) is 0 Å². The van der Waals surface area contributed by atoms with Gasteiger partial charge in [-0.25, -0.2) is 0 Å². The SMILES string of the molecule is Cc1ccc(O[C@H](C)CNC(=O)[C@@H]2C[C@@H](O)CN2)cc1. The fourth-order valence-electron chi connectivity index (χ4n) is 2.18. The lowest BCUT2D eigenvalue weighted by Gasteiger charge is -2.17. The first-order valence-corrected chi connectivity index (χ1v) is 6.97. The van der Waals surface area contributed by atoms with E-state index < -0.39 is 6.10 Å². The van der Waals surface area contributed by atoms with Crippen molar-refractivity contribution in [3.8, 4) is 5.75 Å². The first-order valence-electron chi connectivity index (χ1n) is 6.97. The maximum Gasteiger partial charge on any atom is 0.237 e. The summed E-state index contributed by atoms with van der Waals surface area (Å²) in [5.74, 6) is 0.715. The van der Waals surface area contributed by atoms with E-state index in [0.29, 0.717) is 19.5 Å². The van der Waals surface area contributed by atoms with Crippen LogP contribution in [0.1, 0.15) is 18.9 Å². The third-order valence-electron chi connectivity index (χ3n) is 3.35. The predicted octanol–water partition coefficient (Wildman–Crippen LogP) is 0.601. The Morgan fingerprint density at radius 2 is 2.20 bits per heavy atom. The maximum absolute atomic E-state index is 11.9. The molecule has 0 aliphatic carbocycles. The molecule has 1 heterocycles. The molecule has 3 N–H and O–H groups in total. The topological polar surface area (TPSA) is 70.6 Å². The number of β-amino-alcohol motifs (C(OH)–C–C–N with tert-alkyl or cyclic N) is 1. The monoisotopic (exact) mass is 278 g/mol. The number of aliphatic hydroxyl groups is 1. The van der Waals surface area contributed by atoms with Gasteiger partial charge in [0.25, 0.3) is 0 Å². The van der Waals surface area contributed by atoms with Gasteiger partial charge in [-0.3, -0.25) is 4.79 Å². The quantitative estimate of drug-likeness (QED) is 0.738. The zero-order chi connectivity index (χ0) is 14.5. The van der Waals surface area contributed by atoms with Gasteiger partial charge in [-0.05, 0) is 32.4 Å². The molecule has 0 aromatic heterocycles. The number of amides is 1. The van der Waals surface area contributed by atoms with E-state index in [0.717, 1.165) is 5.75 Å². The van der Waals surface area contributed by atoms with E-state index in [-0.39, 0.29) is 18.1 Å². The third-order valence-corrected chi connectivity index (χ3v) is 3.35. The number of carbonyl (C=O) groups excluding carboxylic acids is 1. The molecular weight excluding hydrogens is 256 g/mol. The summed E-state index contributed by atoms with van der Waals surface area (Å²) in [5, 5.41) is 15.2. The summed E-state index contributed by atoms with van der Waals surface area (Å²) < 4.78 is 5.72. The smallest absolute Gasteiger partial charge is 0.237 e. The van der Waals surface area contributed by atoms with Crippen LogP contribution in [0.25, 0.3) is 0 Å². The average Bonchev–Trinajstić information content (AvgIpc) is 2.85. The summed E-state index contributed by atoms with van der Waals surface area (Å²) in [7, 11) is 0. The molecule has 0 unspecified atom stereocenters. The number of carbonyl (C=O) groups is 1. The molecule has 1 aromatic carbocycles. The third kappa shape index (κ3) is 4.21. The molecule has 0 saturated carbocycles. The molecule has 0 spiro atoms. The van der Waals surface area contributed by atoms with Crippen molar-refractivity contribution in [3.63, 3.8) is 0 Å². The van der Waals surface area contributed by atoms with Crippen molar-refractivity contribution in [2.75, 3.05) is 13.1 Å². The molecule has 5 heteroatoms. The summed E-state index contributed by atoms with van der Waals surface area (Å²) in [6.07, 6.45) is -0.0565. The Morgan fingerprint density at radius 3 is 2.80 bits per heavy atom. The van der Waals surface area contributed by atoms with Crippen LogP contribution in [0.2, 0.25) is 0 Å². The van der Waals surface area contributed by atoms with Crippen molar-refractivity contribution in [2.45, 2.75) is 38.5 Å². The lowest BCUT2D eigenvalue weighted by Crippen LogP contribution is -2.43. The molecular formula is C15H22N2O3. The summed E-state index contributed by atoms with van der Waals surface area (Å²) >= 11 is 0. The van der Waals surface area contributed by atoms with Gasteiger partial charge in [-0.15, -0.1) is 0 Å². The Balaban J connectivity index is 1.73. The van der Waals surface area contributed by atoms with Crippen LogP contribution >= 0.6 is 0 Å². The first kappa shape index (κ1) is 14.8. The number of nitrogens with one attached hydrogen (secondary N) is 2. The molecule has 1 amide bonds. The van der Waals surface area contributed by atoms with Crippen molar-refractivity contribution >= 4 is 5.91 Å². The van der Waals surface area contributed by atoms with E-state index in [9.17, 15) is 9.90 Å². The van der Waals surface area contributed by atoms with Gasteiger partial charge in [0.15, 0.2) is 0 Å². The molecule has 2 rings (SSSR count). The van der Waals surface area contributed by atoms with Gasteiger partial charge in [0.2, 0.25) is 5.91 Å². The van der Waals surface area contributed by atoms with Crippen LogP contribution in [0.5, 0.6) is 5.75 Å². The largest absolute Gasteiger partial charge is 0.489 e. The molecule has 0 bridgehead atoms. The molecule has 20 heavy (non-hydrogen) atoms. The van der Waals surface area contributed by atoms with Gasteiger partial charge in [0.05, 0.1) is 18.7 Å². The summed E-state index contributed by atoms with van der Waals surface area (Å²) in [5.41, 5.74) is 1.18. The van der Waals surface area contributed by atoms with Crippen LogP contribution in [0.3, 0.4) is 0 Å². The molecule has 1 aliphatic heterocycles. The number of aryl methyl sites for hydroxylation is 1. The van der Waals surface area contributed by atoms with Gasteiger partial charge < -0.3 is 20.5 Å². The zero-order valence-corrected chi connectivity index (χ0v) is 11.9. The highest BCUT2D eigenvalue weighted by molar-refractivity contribution is 5.82. The van der Waals surface area contributed by atoms with Gasteiger partial charge in [0, 0.05) is 6.54 Å². The van der Waals surface area contributed by atoms with Gasteiger partial charge in [0.1, 0.15) is 11.9 Å². The Labute approximate surface area is 119 Å². The highest BCUT2D eigenvalue weighted by atomic mass is 16.5. The van der Waals surface area contributed by atoms with Gasteiger partial charge in [-0.1, -0.05) is 17.7 Å². The second-order valence-electron chi connectivity index (χ2n) is 5.34. The van der Waals surface area contributed by atoms with E-state index in [1.54, 1.807) is 0 Å². The maximum atomic E-state index is 11.9. The number of benzene rings is 1. The highest BCUT2D eigenvalue weighted by Crippen LogP contribution is 2.13. The summed E-state index contributed by atoms with van der Waals surface area (Å²) in [6.45, 7) is 4.86. The number of hydrogen-bond donors (Lipinski definition) is 3. The minimum atomic E-state index is -0.424. The molecule has 1 saturated heterocycles. The van der Waals surface area contributed by atoms with Gasteiger partial charge in [-0.2, -0.15) is 0 Å². The Kier molecular flexibility index (Phi) is 4.98. The predicted molar refractivity (Wildman–Crippen MR) is 76.7 cm³/mol. The van der Waals surface area contributed by atoms with Crippen molar-refractivity contribution in [1.29, 1.82) is 0 Å². The minimum Gasteiger partial charge on any atom is -0.489 e. The number of ether oxygens (including phenoxy) is 1. The Morgan fingerprint density at radius 1 is 1.50 bits per heavy atom. The van der Waals surface area contributed by atoms with Gasteiger partial charge >= 0.3 is 0 Å². The highest BCUT2D eigenvalue weighted by Gasteiger charge is 2.27. The van der Waals surface area contributed by atoms with E-state index in [1.807, 2.05) is 38.1 Å². The van der Waals surface area contributed by atoms with Crippen molar-refractivity contribution in [3.05, 3.63) is 29.8 Å².